The summed E-state index contributed by atoms with van der Waals surface area (Å²) in [6.45, 7) is 11.0. The lowest BCUT2D eigenvalue weighted by Gasteiger charge is -2.21. The Kier molecular flexibility index (Phi) is 11.6. The smallest absolute Gasteiger partial charge is 0.335 e. The molecule has 14 heteroatoms. The summed E-state index contributed by atoms with van der Waals surface area (Å²) in [5.41, 5.74) is 0. The summed E-state index contributed by atoms with van der Waals surface area (Å²) in [7, 11) is -0.0224. The number of aliphatic hydroxyl groups is 2. The van der Waals surface area contributed by atoms with Gasteiger partial charge in [0, 0.05) is 50.6 Å². The fourth-order valence-electron chi connectivity index (χ4n) is 2.68. The Balaban J connectivity index is 0.000000253. The molecule has 3 fully saturated rings. The fourth-order valence-corrected chi connectivity index (χ4v) is 5.77. The summed E-state index contributed by atoms with van der Waals surface area (Å²) in [6.07, 6.45) is -3.51. The van der Waals surface area contributed by atoms with Gasteiger partial charge in [-0.25, -0.2) is 9.59 Å². The maximum Gasteiger partial charge on any atom is 0.335 e. The highest BCUT2D eigenvalue weighted by molar-refractivity contribution is 7.51. The monoisotopic (exact) mass is 495 g/mol. The summed E-state index contributed by atoms with van der Waals surface area (Å²) < 4.78 is 8.01. The Morgan fingerprint density at radius 2 is 0.939 bits per heavy atom. The van der Waals surface area contributed by atoms with Crippen molar-refractivity contribution in [2.24, 2.45) is 0 Å². The molecule has 6 unspecified atom stereocenters. The highest BCUT2D eigenvalue weighted by Gasteiger charge is 2.54. The summed E-state index contributed by atoms with van der Waals surface area (Å²) in [5.74, 6) is -5.28. The second-order valence-corrected chi connectivity index (χ2v) is 10.3. The third kappa shape index (κ3) is 10.7. The molecule has 0 saturated carbocycles. The van der Waals surface area contributed by atoms with E-state index in [1.165, 1.54) is 19.6 Å². The van der Waals surface area contributed by atoms with E-state index in [0.717, 1.165) is 18.1 Å². The Hall–Kier alpha value is -1.89. The van der Waals surface area contributed by atoms with Crippen LogP contribution < -0.4 is 0 Å². The number of carboxylic acid groups (broad SMARTS) is 4. The molecule has 6 N–H and O–H groups in total. The summed E-state index contributed by atoms with van der Waals surface area (Å²) in [4.78, 5) is 39.3. The minimum absolute atomic E-state index is 0.0224. The first-order chi connectivity index (χ1) is 15.3. The molecule has 3 aliphatic rings. The molecule has 0 aromatic carbocycles. The normalized spacial score (nSPS) is 31.3. The van der Waals surface area contributed by atoms with Crippen molar-refractivity contribution in [3.8, 4) is 0 Å². The Morgan fingerprint density at radius 3 is 1.09 bits per heavy atom. The molecular formula is C19H34N3O10P. The number of unbranched alkanes of at least 4 members (excludes halogenated alkanes) is 1. The molecule has 190 valence electrons. The number of aliphatic carboxylic acids is 4. The quantitative estimate of drug-likeness (QED) is 0.126. The zero-order chi connectivity index (χ0) is 25.5. The molecule has 0 bridgehead atoms. The number of hydrogen-bond donors (Lipinski definition) is 6. The number of aliphatic hydroxyl groups excluding tert-OH is 2. The first kappa shape index (κ1) is 29.1. The molecule has 0 spiro atoms. The van der Waals surface area contributed by atoms with Gasteiger partial charge in [0.25, 0.3) is 0 Å². The van der Waals surface area contributed by atoms with Crippen molar-refractivity contribution in [3.05, 3.63) is 0 Å². The number of hydrogen-bond acceptors (Lipinski definition) is 9. The third-order valence-corrected chi connectivity index (χ3v) is 8.06. The van der Waals surface area contributed by atoms with Crippen LogP contribution in [-0.2, 0) is 19.2 Å². The van der Waals surface area contributed by atoms with Gasteiger partial charge in [-0.05, 0) is 33.6 Å². The average molecular weight is 495 g/mol. The molecule has 0 aromatic rings. The lowest BCUT2D eigenvalue weighted by atomic mass is 10.2. The van der Waals surface area contributed by atoms with Gasteiger partial charge >= 0.3 is 23.9 Å². The molecule has 3 saturated heterocycles. The molecule has 3 aliphatic heterocycles. The lowest BCUT2D eigenvalue weighted by Crippen LogP contribution is -2.39. The number of rotatable bonds is 11. The van der Waals surface area contributed by atoms with Crippen molar-refractivity contribution in [1.82, 2.24) is 14.0 Å². The SMILES string of the molecule is CC1CN1P(N1CC1C)N1CC1C.O=C(O)CCCCC(=O)O.O=C(O)[C@H](O)[C@@H](O)C(=O)O. The van der Waals surface area contributed by atoms with Gasteiger partial charge in [0.1, 0.15) is 8.37 Å². The zero-order valence-corrected chi connectivity index (χ0v) is 19.8. The summed E-state index contributed by atoms with van der Waals surface area (Å²) in [5, 5.41) is 48.8. The van der Waals surface area contributed by atoms with Crippen molar-refractivity contribution in [2.45, 2.75) is 76.8 Å². The van der Waals surface area contributed by atoms with Crippen molar-refractivity contribution in [3.63, 3.8) is 0 Å². The van der Waals surface area contributed by atoms with Gasteiger partial charge in [-0.1, -0.05) is 0 Å². The highest BCUT2D eigenvalue weighted by Crippen LogP contribution is 2.63. The zero-order valence-electron chi connectivity index (χ0n) is 18.9. The average Bonchev–Trinajstić information content (AvgIpc) is 3.66. The van der Waals surface area contributed by atoms with Crippen LogP contribution in [0, 0.1) is 0 Å². The van der Waals surface area contributed by atoms with Crippen LogP contribution in [0.3, 0.4) is 0 Å². The van der Waals surface area contributed by atoms with Crippen LogP contribution in [-0.4, -0.2) is 118 Å². The lowest BCUT2D eigenvalue weighted by molar-refractivity contribution is -0.165. The van der Waals surface area contributed by atoms with Gasteiger partial charge in [0.15, 0.2) is 12.2 Å². The number of carboxylic acids is 4. The van der Waals surface area contributed by atoms with Gasteiger partial charge in [0.2, 0.25) is 0 Å². The van der Waals surface area contributed by atoms with Crippen LogP contribution in [0.5, 0.6) is 0 Å². The van der Waals surface area contributed by atoms with E-state index in [9.17, 15) is 19.2 Å². The first-order valence-corrected chi connectivity index (χ1v) is 11.8. The van der Waals surface area contributed by atoms with E-state index in [0.29, 0.717) is 12.8 Å². The van der Waals surface area contributed by atoms with E-state index in [-0.39, 0.29) is 21.2 Å². The molecule has 3 rings (SSSR count). The summed E-state index contributed by atoms with van der Waals surface area (Å²) in [6, 6.07) is 2.56. The van der Waals surface area contributed by atoms with Crippen LogP contribution in [0.1, 0.15) is 46.5 Å². The van der Waals surface area contributed by atoms with Crippen LogP contribution in [0.15, 0.2) is 0 Å². The first-order valence-electron chi connectivity index (χ1n) is 10.6. The van der Waals surface area contributed by atoms with Crippen molar-refractivity contribution < 1.29 is 49.8 Å². The van der Waals surface area contributed by atoms with E-state index < -0.39 is 36.1 Å². The van der Waals surface area contributed by atoms with Gasteiger partial charge < -0.3 is 30.6 Å². The largest absolute Gasteiger partial charge is 0.481 e. The predicted octanol–water partition coefficient (Wildman–Crippen LogP) is -0.0810. The van der Waals surface area contributed by atoms with Crippen molar-refractivity contribution >= 4 is 32.3 Å². The van der Waals surface area contributed by atoms with Gasteiger partial charge in [0.05, 0.1) is 0 Å². The van der Waals surface area contributed by atoms with Gasteiger partial charge in [-0.2, -0.15) is 0 Å². The molecule has 3 heterocycles. The van der Waals surface area contributed by atoms with E-state index in [4.69, 9.17) is 30.6 Å². The second kappa shape index (κ2) is 13.1. The van der Waals surface area contributed by atoms with E-state index >= 15 is 0 Å². The van der Waals surface area contributed by atoms with Gasteiger partial charge in [-0.3, -0.25) is 23.6 Å². The maximum atomic E-state index is 9.90. The highest BCUT2D eigenvalue weighted by atomic mass is 31.2. The van der Waals surface area contributed by atoms with E-state index in [2.05, 4.69) is 34.8 Å². The number of nitrogens with zero attached hydrogens (tertiary/aromatic N) is 3. The standard InChI is InChI=1S/C9H18N3P.C6H10O4.C4H6O6/c1-7-4-10(7)13(11-5-8(11)2)12-6-9(12)3;7-5(8)3-1-2-4-6(9)10;5-1(3(7)8)2(6)4(9)10/h7-9H,4-6H2,1-3H3;1-4H2,(H,7,8)(H,9,10);1-2,5-6H,(H,7,8)(H,9,10)/t;;1-,2-/m..1/s1. The third-order valence-electron chi connectivity index (χ3n) is 5.01. The van der Waals surface area contributed by atoms with Crippen LogP contribution in [0.2, 0.25) is 0 Å². The molecule has 33 heavy (non-hydrogen) atoms. The molecule has 8 atom stereocenters. The van der Waals surface area contributed by atoms with Crippen LogP contribution in [0.4, 0.5) is 0 Å². The molecule has 0 aromatic heterocycles. The van der Waals surface area contributed by atoms with E-state index in [1.807, 2.05) is 0 Å². The van der Waals surface area contributed by atoms with Gasteiger partial charge in [-0.15, -0.1) is 0 Å². The minimum Gasteiger partial charge on any atom is -0.481 e. The Morgan fingerprint density at radius 1 is 0.697 bits per heavy atom. The van der Waals surface area contributed by atoms with Crippen molar-refractivity contribution in [1.29, 1.82) is 0 Å². The summed E-state index contributed by atoms with van der Waals surface area (Å²) >= 11 is 0. The van der Waals surface area contributed by atoms with Crippen LogP contribution in [0.25, 0.3) is 0 Å². The molecule has 0 amide bonds. The van der Waals surface area contributed by atoms with E-state index in [1.54, 1.807) is 0 Å². The van der Waals surface area contributed by atoms with Crippen LogP contribution >= 0.6 is 8.37 Å². The number of carbonyl (C=O) groups is 4. The Labute approximate surface area is 193 Å². The maximum absolute atomic E-state index is 9.90. The molecule has 0 radical (unpaired) electrons. The second-order valence-electron chi connectivity index (χ2n) is 8.24. The molecular weight excluding hydrogens is 461 g/mol. The fraction of sp³-hybridized carbons (Fsp3) is 0.789. The topological polar surface area (TPSA) is 199 Å². The minimum atomic E-state index is -2.27. The molecule has 0 aliphatic carbocycles. The predicted molar refractivity (Wildman–Crippen MR) is 116 cm³/mol. The Bertz CT molecular complexity index is 639. The molecule has 13 nitrogen and oxygen atoms in total. The van der Waals surface area contributed by atoms with Crippen molar-refractivity contribution in [2.75, 3.05) is 19.6 Å².